The fourth-order valence-electron chi connectivity index (χ4n) is 2.47. The van der Waals surface area contributed by atoms with Crippen molar-refractivity contribution in [3.8, 4) is 5.75 Å². The maximum Gasteiger partial charge on any atom is 0.272 e. The molecule has 1 aliphatic heterocycles. The first kappa shape index (κ1) is 16.2. The number of ether oxygens (including phenoxy) is 2. The predicted octanol–water partition coefficient (Wildman–Crippen LogP) is 4.04. The molecule has 0 radical (unpaired) electrons. The number of nitrogens with one attached hydrogen (secondary N) is 1. The van der Waals surface area contributed by atoms with Crippen molar-refractivity contribution in [1.82, 2.24) is 0 Å². The van der Waals surface area contributed by atoms with Crippen LogP contribution in [-0.4, -0.2) is 24.2 Å². The summed E-state index contributed by atoms with van der Waals surface area (Å²) in [5, 5.41) is 13.5. The van der Waals surface area contributed by atoms with Crippen molar-refractivity contribution in [1.29, 1.82) is 0 Å². The zero-order valence-electron chi connectivity index (χ0n) is 12.9. The lowest BCUT2D eigenvalue weighted by atomic mass is 10.2. The molecule has 1 N–H and O–H groups in total. The maximum atomic E-state index is 13.9. The number of anilines is 2. The Kier molecular flexibility index (Phi) is 4.90. The van der Waals surface area contributed by atoms with Crippen LogP contribution in [0, 0.1) is 15.9 Å². The van der Waals surface area contributed by atoms with E-state index in [0.29, 0.717) is 18.0 Å². The van der Waals surface area contributed by atoms with Gasteiger partial charge in [-0.25, -0.2) is 4.39 Å². The average Bonchev–Trinajstić information content (AvgIpc) is 3.09. The van der Waals surface area contributed by atoms with Gasteiger partial charge in [0.25, 0.3) is 5.69 Å². The van der Waals surface area contributed by atoms with Crippen molar-refractivity contribution < 1.29 is 18.8 Å². The molecule has 0 aromatic heterocycles. The van der Waals surface area contributed by atoms with Crippen LogP contribution in [0.4, 0.5) is 21.5 Å². The molecule has 1 aliphatic rings. The smallest absolute Gasteiger partial charge is 0.272 e. The Bertz CT molecular complexity index is 715. The number of hydrogen-bond donors (Lipinski definition) is 1. The average molecular weight is 332 g/mol. The van der Waals surface area contributed by atoms with Crippen LogP contribution in [0.25, 0.3) is 0 Å². The summed E-state index contributed by atoms with van der Waals surface area (Å²) in [6.45, 7) is 1.31. The maximum absolute atomic E-state index is 13.9. The van der Waals surface area contributed by atoms with Crippen molar-refractivity contribution >= 4 is 17.1 Å². The number of halogens is 1. The SMILES string of the molecule is O=[N+]([O-])c1ccc(Nc2ccc(OC[C@@H]3CCCO3)cc2)c(F)c1. The van der Waals surface area contributed by atoms with Gasteiger partial charge in [0.2, 0.25) is 0 Å². The van der Waals surface area contributed by atoms with Gasteiger partial charge in [-0.2, -0.15) is 0 Å². The zero-order chi connectivity index (χ0) is 16.9. The van der Waals surface area contributed by atoms with Gasteiger partial charge in [0.05, 0.1) is 22.8 Å². The summed E-state index contributed by atoms with van der Waals surface area (Å²) in [4.78, 5) is 9.98. The van der Waals surface area contributed by atoms with Gasteiger partial charge in [0.15, 0.2) is 5.82 Å². The highest BCUT2D eigenvalue weighted by molar-refractivity contribution is 5.62. The number of rotatable bonds is 6. The highest BCUT2D eigenvalue weighted by Crippen LogP contribution is 2.25. The minimum atomic E-state index is -0.678. The van der Waals surface area contributed by atoms with E-state index in [9.17, 15) is 14.5 Å². The van der Waals surface area contributed by atoms with Gasteiger partial charge in [-0.3, -0.25) is 10.1 Å². The van der Waals surface area contributed by atoms with Crippen LogP contribution >= 0.6 is 0 Å². The lowest BCUT2D eigenvalue weighted by Gasteiger charge is -2.12. The molecule has 1 saturated heterocycles. The molecule has 24 heavy (non-hydrogen) atoms. The Balaban J connectivity index is 1.60. The molecule has 6 nitrogen and oxygen atoms in total. The number of nitro benzene ring substituents is 1. The molecule has 1 fully saturated rings. The lowest BCUT2D eigenvalue weighted by Crippen LogP contribution is -2.16. The van der Waals surface area contributed by atoms with Crippen LogP contribution in [-0.2, 0) is 4.74 Å². The molecule has 0 amide bonds. The number of hydrogen-bond acceptors (Lipinski definition) is 5. The van der Waals surface area contributed by atoms with E-state index in [-0.39, 0.29) is 17.5 Å². The summed E-state index contributed by atoms with van der Waals surface area (Å²) in [6, 6.07) is 10.6. The molecule has 2 aromatic carbocycles. The summed E-state index contributed by atoms with van der Waals surface area (Å²) < 4.78 is 25.0. The molecule has 0 bridgehead atoms. The predicted molar refractivity (Wildman–Crippen MR) is 87.2 cm³/mol. The highest BCUT2D eigenvalue weighted by Gasteiger charge is 2.16. The van der Waals surface area contributed by atoms with E-state index in [0.717, 1.165) is 25.5 Å². The first-order valence-corrected chi connectivity index (χ1v) is 7.67. The molecule has 3 rings (SSSR count). The minimum Gasteiger partial charge on any atom is -0.491 e. The van der Waals surface area contributed by atoms with Gasteiger partial charge >= 0.3 is 0 Å². The van der Waals surface area contributed by atoms with E-state index in [1.165, 1.54) is 12.1 Å². The molecule has 1 atom stereocenters. The largest absolute Gasteiger partial charge is 0.491 e. The topological polar surface area (TPSA) is 73.6 Å². The summed E-state index contributed by atoms with van der Waals surface area (Å²) in [7, 11) is 0. The third-order valence-corrected chi connectivity index (χ3v) is 3.76. The molecule has 0 saturated carbocycles. The second kappa shape index (κ2) is 7.27. The van der Waals surface area contributed by atoms with Crippen molar-refractivity contribution in [2.45, 2.75) is 18.9 Å². The van der Waals surface area contributed by atoms with Crippen LogP contribution in [0.3, 0.4) is 0 Å². The van der Waals surface area contributed by atoms with Crippen LogP contribution in [0.15, 0.2) is 42.5 Å². The van der Waals surface area contributed by atoms with Crippen molar-refractivity contribution in [3.05, 3.63) is 58.4 Å². The second-order valence-electron chi connectivity index (χ2n) is 5.52. The van der Waals surface area contributed by atoms with Gasteiger partial charge in [-0.15, -0.1) is 0 Å². The van der Waals surface area contributed by atoms with Crippen LogP contribution in [0.1, 0.15) is 12.8 Å². The van der Waals surface area contributed by atoms with E-state index >= 15 is 0 Å². The van der Waals surface area contributed by atoms with E-state index < -0.39 is 10.7 Å². The van der Waals surface area contributed by atoms with Crippen LogP contribution in [0.5, 0.6) is 5.75 Å². The third kappa shape index (κ3) is 3.99. The van der Waals surface area contributed by atoms with Gasteiger partial charge in [-0.1, -0.05) is 0 Å². The molecular weight excluding hydrogens is 315 g/mol. The highest BCUT2D eigenvalue weighted by atomic mass is 19.1. The Labute approximate surface area is 138 Å². The molecule has 0 aliphatic carbocycles. The van der Waals surface area contributed by atoms with E-state index in [2.05, 4.69) is 5.32 Å². The van der Waals surface area contributed by atoms with Gasteiger partial charge in [0.1, 0.15) is 12.4 Å². The van der Waals surface area contributed by atoms with Gasteiger partial charge < -0.3 is 14.8 Å². The Morgan fingerprint density at radius 1 is 1.29 bits per heavy atom. The third-order valence-electron chi connectivity index (χ3n) is 3.76. The standard InChI is InChI=1S/C17H17FN2O4/c18-16-10-13(20(21)22)5-8-17(16)19-12-3-6-14(7-4-12)24-11-15-2-1-9-23-15/h3-8,10,15,19H,1-2,9,11H2/t15-/m0/s1. The number of nitro groups is 1. The fourth-order valence-corrected chi connectivity index (χ4v) is 2.47. The molecule has 7 heteroatoms. The monoisotopic (exact) mass is 332 g/mol. The summed E-state index contributed by atoms with van der Waals surface area (Å²) in [5.41, 5.74) is 0.553. The molecule has 126 valence electrons. The van der Waals surface area contributed by atoms with Crippen molar-refractivity contribution in [2.75, 3.05) is 18.5 Å². The summed E-state index contributed by atoms with van der Waals surface area (Å²) in [5.74, 6) is 0.0307. The van der Waals surface area contributed by atoms with E-state index in [1.54, 1.807) is 24.3 Å². The normalized spacial score (nSPS) is 16.8. The lowest BCUT2D eigenvalue weighted by molar-refractivity contribution is -0.385. The fraction of sp³-hybridized carbons (Fsp3) is 0.294. The van der Waals surface area contributed by atoms with Gasteiger partial charge in [-0.05, 0) is 43.2 Å². The molecular formula is C17H17FN2O4. The Morgan fingerprint density at radius 3 is 2.71 bits per heavy atom. The Hall–Kier alpha value is -2.67. The second-order valence-corrected chi connectivity index (χ2v) is 5.52. The van der Waals surface area contributed by atoms with E-state index in [1.807, 2.05) is 0 Å². The number of non-ortho nitro benzene ring substituents is 1. The molecule has 1 heterocycles. The zero-order valence-corrected chi connectivity index (χ0v) is 12.9. The van der Waals surface area contributed by atoms with E-state index in [4.69, 9.17) is 9.47 Å². The van der Waals surface area contributed by atoms with Crippen LogP contribution < -0.4 is 10.1 Å². The molecule has 2 aromatic rings. The summed E-state index contributed by atoms with van der Waals surface area (Å²) >= 11 is 0. The number of benzene rings is 2. The van der Waals surface area contributed by atoms with Crippen molar-refractivity contribution in [2.24, 2.45) is 0 Å². The quantitative estimate of drug-likeness (QED) is 0.638. The van der Waals surface area contributed by atoms with Crippen LogP contribution in [0.2, 0.25) is 0 Å². The minimum absolute atomic E-state index is 0.150. The van der Waals surface area contributed by atoms with Gasteiger partial charge in [0, 0.05) is 18.4 Å². The van der Waals surface area contributed by atoms with Crippen molar-refractivity contribution in [3.63, 3.8) is 0 Å². The first-order valence-electron chi connectivity index (χ1n) is 7.67. The number of nitrogens with zero attached hydrogens (tertiary/aromatic N) is 1. The molecule has 0 unspecified atom stereocenters. The first-order chi connectivity index (χ1) is 11.6. The summed E-state index contributed by atoms with van der Waals surface area (Å²) in [6.07, 6.45) is 2.23. The molecule has 0 spiro atoms. The Morgan fingerprint density at radius 2 is 2.08 bits per heavy atom.